The summed E-state index contributed by atoms with van der Waals surface area (Å²) < 4.78 is 47.6. The van der Waals surface area contributed by atoms with Crippen LogP contribution >= 0.6 is 0 Å². The third-order valence-electron chi connectivity index (χ3n) is 5.55. The molecule has 0 amide bonds. The lowest BCUT2D eigenvalue weighted by Crippen LogP contribution is -2.56. The first-order valence-electron chi connectivity index (χ1n) is 10.6. The van der Waals surface area contributed by atoms with E-state index in [1.165, 1.54) is 0 Å². The Morgan fingerprint density at radius 1 is 1.00 bits per heavy atom. The van der Waals surface area contributed by atoms with Gasteiger partial charge in [0, 0.05) is 34.0 Å². The van der Waals surface area contributed by atoms with Crippen LogP contribution in [0.25, 0.3) is 0 Å². The molecule has 2 rings (SSSR count). The van der Waals surface area contributed by atoms with Crippen molar-refractivity contribution in [1.29, 1.82) is 0 Å². The minimum absolute atomic E-state index is 0.323. The van der Waals surface area contributed by atoms with Gasteiger partial charge in [0.15, 0.2) is 17.4 Å². The van der Waals surface area contributed by atoms with E-state index in [1.54, 1.807) is 21.3 Å². The third kappa shape index (κ3) is 8.66. The van der Waals surface area contributed by atoms with Crippen LogP contribution in [0.2, 0.25) is 50.0 Å². The molecule has 0 spiro atoms. The molecule has 5 unspecified atom stereocenters. The molecule has 5 atom stereocenters. The van der Waals surface area contributed by atoms with Gasteiger partial charge in [0.25, 0.3) is 9.28 Å². The van der Waals surface area contributed by atoms with Gasteiger partial charge in [-0.05, 0) is 50.4 Å². The van der Waals surface area contributed by atoms with Crippen molar-refractivity contribution in [1.82, 2.24) is 0 Å². The zero-order valence-corrected chi connectivity index (χ0v) is 24.5. The van der Waals surface area contributed by atoms with Gasteiger partial charge in [0.1, 0.15) is 6.10 Å². The van der Waals surface area contributed by atoms with Gasteiger partial charge in [0.2, 0.25) is 0 Å². The standard InChI is InChI=1S/C16H40O8Si5/c1-17-29(18-2,19-3)12-11-27(6)15-25(4)22-28(7,24-26(5)23-27)10-8-9-20-13-16-14-21-16/h16,25-26H,8-15H2,1-7H3. The van der Waals surface area contributed by atoms with Crippen LogP contribution in [-0.2, 0) is 35.1 Å². The van der Waals surface area contributed by atoms with Crippen LogP contribution in [0.3, 0.4) is 0 Å². The largest absolute Gasteiger partial charge is 0.499 e. The monoisotopic (exact) mass is 500 g/mol. The number of hydrogen-bond acceptors (Lipinski definition) is 8. The summed E-state index contributed by atoms with van der Waals surface area (Å²) in [6.07, 6.45) is 1.29. The summed E-state index contributed by atoms with van der Waals surface area (Å²) in [7, 11) is -4.92. The van der Waals surface area contributed by atoms with Crippen LogP contribution in [0.4, 0.5) is 0 Å². The summed E-state index contributed by atoms with van der Waals surface area (Å²) in [4.78, 5) is 0. The molecule has 2 aliphatic rings. The zero-order chi connectivity index (χ0) is 21.5. The minimum Gasteiger partial charge on any atom is -0.439 e. The average molecular weight is 501 g/mol. The van der Waals surface area contributed by atoms with Crippen LogP contribution in [0.1, 0.15) is 6.42 Å². The highest BCUT2D eigenvalue weighted by molar-refractivity contribution is 6.92. The van der Waals surface area contributed by atoms with Crippen molar-refractivity contribution in [2.24, 2.45) is 0 Å². The summed E-state index contributed by atoms with van der Waals surface area (Å²) >= 11 is 0. The smallest absolute Gasteiger partial charge is 0.439 e. The van der Waals surface area contributed by atoms with E-state index >= 15 is 0 Å². The molecule has 0 aromatic carbocycles. The zero-order valence-electron chi connectivity index (χ0n) is 19.2. The van der Waals surface area contributed by atoms with Crippen molar-refractivity contribution in [3.05, 3.63) is 0 Å². The van der Waals surface area contributed by atoms with Gasteiger partial charge in [-0.25, -0.2) is 0 Å². The number of ether oxygens (including phenoxy) is 2. The van der Waals surface area contributed by atoms with Crippen LogP contribution in [0.5, 0.6) is 0 Å². The van der Waals surface area contributed by atoms with Crippen molar-refractivity contribution >= 4 is 44.0 Å². The summed E-state index contributed by atoms with van der Waals surface area (Å²) in [5.74, 6) is 0. The van der Waals surface area contributed by atoms with E-state index in [2.05, 4.69) is 26.2 Å². The van der Waals surface area contributed by atoms with E-state index in [9.17, 15) is 0 Å². The summed E-state index contributed by atoms with van der Waals surface area (Å²) in [5.41, 5.74) is 1.09. The Hall–Kier alpha value is 0.764. The van der Waals surface area contributed by atoms with Crippen LogP contribution < -0.4 is 0 Å². The second kappa shape index (κ2) is 11.6. The molecule has 0 aliphatic carbocycles. The van der Waals surface area contributed by atoms with E-state index in [4.69, 9.17) is 35.1 Å². The predicted molar refractivity (Wildman–Crippen MR) is 124 cm³/mol. The molecule has 2 aliphatic heterocycles. The number of rotatable bonds is 12. The molecule has 0 bridgehead atoms. The Morgan fingerprint density at radius 3 is 2.24 bits per heavy atom. The Kier molecular flexibility index (Phi) is 10.4. The van der Waals surface area contributed by atoms with Gasteiger partial charge in [-0.2, -0.15) is 0 Å². The highest BCUT2D eigenvalue weighted by Gasteiger charge is 2.47. The lowest BCUT2D eigenvalue weighted by atomic mass is 10.5. The Morgan fingerprint density at radius 2 is 1.66 bits per heavy atom. The molecule has 2 fully saturated rings. The second-order valence-electron chi connectivity index (χ2n) is 8.45. The van der Waals surface area contributed by atoms with E-state index in [0.29, 0.717) is 12.7 Å². The van der Waals surface area contributed by atoms with E-state index in [0.717, 1.165) is 43.4 Å². The van der Waals surface area contributed by atoms with Gasteiger partial charge in [-0.3, -0.25) is 0 Å². The summed E-state index contributed by atoms with van der Waals surface area (Å²) in [5, 5.41) is 0. The molecule has 2 heterocycles. The molecule has 8 nitrogen and oxygen atoms in total. The molecule has 13 heteroatoms. The molecule has 2 saturated heterocycles. The van der Waals surface area contributed by atoms with Crippen LogP contribution in [0, 0.1) is 0 Å². The number of epoxide rings is 1. The van der Waals surface area contributed by atoms with Gasteiger partial charge >= 0.3 is 17.4 Å². The fourth-order valence-corrected chi connectivity index (χ4v) is 29.5. The SMILES string of the molecule is CO[Si](CC[Si]1(C)C[SiH](C)O[Si](C)(CCCOCC2CO2)O[SiH](C)O1)(OC)OC. The number of hydrogen-bond donors (Lipinski definition) is 0. The highest BCUT2D eigenvalue weighted by Crippen LogP contribution is 2.32. The third-order valence-corrected chi connectivity index (χ3v) is 27.6. The molecule has 0 saturated carbocycles. The average Bonchev–Trinajstić information content (AvgIpc) is 3.46. The maximum atomic E-state index is 6.69. The predicted octanol–water partition coefficient (Wildman–Crippen LogP) is 2.12. The molecule has 0 aromatic heterocycles. The van der Waals surface area contributed by atoms with Crippen molar-refractivity contribution in [3.8, 4) is 0 Å². The van der Waals surface area contributed by atoms with Crippen LogP contribution in [0.15, 0.2) is 0 Å². The molecule has 0 radical (unpaired) electrons. The molecule has 0 aromatic rings. The summed E-state index contributed by atoms with van der Waals surface area (Å²) in [6, 6.07) is 2.69. The minimum atomic E-state index is -2.59. The fraction of sp³-hybridized carbons (Fsp3) is 1.00. The van der Waals surface area contributed by atoms with Crippen molar-refractivity contribution in [3.63, 3.8) is 0 Å². The van der Waals surface area contributed by atoms with Crippen molar-refractivity contribution in [2.75, 3.05) is 41.2 Å². The lowest BCUT2D eigenvalue weighted by molar-refractivity contribution is 0.116. The molecule has 0 N–H and O–H groups in total. The van der Waals surface area contributed by atoms with Gasteiger partial charge < -0.3 is 35.1 Å². The van der Waals surface area contributed by atoms with Gasteiger partial charge in [-0.1, -0.05) is 0 Å². The topological polar surface area (TPSA) is 77.1 Å². The normalized spacial score (nSPS) is 35.9. The Labute approximate surface area is 182 Å². The molecule has 29 heavy (non-hydrogen) atoms. The highest BCUT2D eigenvalue weighted by atomic mass is 28.5. The van der Waals surface area contributed by atoms with E-state index in [-0.39, 0.29) is 0 Å². The summed E-state index contributed by atoms with van der Waals surface area (Å²) in [6.45, 7) is 11.2. The molecule has 172 valence electrons. The van der Waals surface area contributed by atoms with Crippen molar-refractivity contribution in [2.45, 2.75) is 62.5 Å². The van der Waals surface area contributed by atoms with Gasteiger partial charge in [-0.15, -0.1) is 0 Å². The maximum Gasteiger partial charge on any atom is 0.499 e. The maximum absolute atomic E-state index is 6.69. The van der Waals surface area contributed by atoms with E-state index < -0.39 is 44.0 Å². The Balaban J connectivity index is 1.88. The first-order valence-corrected chi connectivity index (χ1v) is 22.4. The van der Waals surface area contributed by atoms with E-state index in [1.807, 2.05) is 0 Å². The second-order valence-corrected chi connectivity index (χ2v) is 24.9. The molecular formula is C16H40O8Si5. The van der Waals surface area contributed by atoms with Crippen LogP contribution in [-0.4, -0.2) is 91.3 Å². The fourth-order valence-electron chi connectivity index (χ4n) is 4.05. The first-order chi connectivity index (χ1) is 13.7. The Bertz CT molecular complexity index is 472. The molecular weight excluding hydrogens is 461 g/mol. The van der Waals surface area contributed by atoms with Gasteiger partial charge in [0.05, 0.1) is 13.2 Å². The lowest BCUT2D eigenvalue weighted by Gasteiger charge is -2.42. The van der Waals surface area contributed by atoms with Crippen molar-refractivity contribution < 1.29 is 35.1 Å². The quantitative estimate of drug-likeness (QED) is 0.229. The first kappa shape index (κ1) is 26.0.